The van der Waals surface area contributed by atoms with Crippen LogP contribution < -0.4 is 5.73 Å². The Morgan fingerprint density at radius 1 is 1.09 bits per heavy atom. The number of benzene rings is 3. The van der Waals surface area contributed by atoms with E-state index in [9.17, 15) is 14.3 Å². The third kappa shape index (κ3) is 3.84. The van der Waals surface area contributed by atoms with Crippen LogP contribution in [0.15, 0.2) is 54.6 Å². The molecule has 1 heterocycles. The summed E-state index contributed by atoms with van der Waals surface area (Å²) in [6, 6.07) is 14.8. The molecule has 0 unspecified atom stereocenters. The lowest BCUT2D eigenvalue weighted by atomic mass is 9.85. The maximum Gasteiger partial charge on any atom is 0.335 e. The highest BCUT2D eigenvalue weighted by Gasteiger charge is 2.23. The van der Waals surface area contributed by atoms with E-state index in [0.717, 1.165) is 38.9 Å². The molecule has 4 rings (SSSR count). The summed E-state index contributed by atoms with van der Waals surface area (Å²) >= 11 is 0. The number of aromatic nitrogens is 1. The van der Waals surface area contributed by atoms with E-state index in [1.54, 1.807) is 36.4 Å². The molecule has 6 heteroatoms. The number of aryl methyl sites for hydroxylation is 1. The molecule has 0 amide bonds. The van der Waals surface area contributed by atoms with Crippen LogP contribution in [0, 0.1) is 18.2 Å². The van der Waals surface area contributed by atoms with E-state index in [1.165, 1.54) is 18.3 Å². The van der Waals surface area contributed by atoms with Gasteiger partial charge in [-0.2, -0.15) is 0 Å². The van der Waals surface area contributed by atoms with Gasteiger partial charge in [0, 0.05) is 28.4 Å². The number of anilines is 1. The van der Waals surface area contributed by atoms with Crippen LogP contribution in [0.3, 0.4) is 0 Å². The van der Waals surface area contributed by atoms with E-state index >= 15 is 0 Å². The van der Waals surface area contributed by atoms with Crippen LogP contribution in [0.1, 0.15) is 46.8 Å². The summed E-state index contributed by atoms with van der Waals surface area (Å²) in [5.74, 6) is -1.27. The van der Waals surface area contributed by atoms with E-state index in [-0.39, 0.29) is 17.3 Å². The number of fused-ring (bicyclic) bond motifs is 1. The van der Waals surface area contributed by atoms with Gasteiger partial charge in [0.15, 0.2) is 0 Å². The quantitative estimate of drug-likeness (QED) is 0.246. The minimum atomic E-state index is -0.994. The van der Waals surface area contributed by atoms with Crippen LogP contribution >= 0.6 is 0 Å². The second-order valence-electron chi connectivity index (χ2n) is 8.34. The molecule has 5 nitrogen and oxygen atoms in total. The molecule has 0 saturated carbocycles. The lowest BCUT2D eigenvalue weighted by Crippen LogP contribution is -2.05. The molecule has 4 aromatic rings. The monoisotopic (exact) mass is 441 g/mol. The van der Waals surface area contributed by atoms with Crippen LogP contribution in [0.4, 0.5) is 10.1 Å². The number of aromatic carboxylic acids is 1. The fraction of sp³-hybridized carbons (Fsp3) is 0.148. The van der Waals surface area contributed by atoms with E-state index < -0.39 is 5.97 Å². The van der Waals surface area contributed by atoms with Crippen molar-refractivity contribution in [2.45, 2.75) is 26.7 Å². The Balaban J connectivity index is 2.17. The molecule has 0 aliphatic heterocycles. The standard InChI is InChI=1S/C27H24FN3O2/c1-14(2)22-23(16-8-10-20(28)11-9-16)21-12-19(13-29)24(30)15(3)25(21)31-26(22)17-4-6-18(7-5-17)27(32)33/h4-14,29H,30H2,1-3H3,(H,32,33). The van der Waals surface area contributed by atoms with E-state index in [1.807, 2.05) is 13.0 Å². The van der Waals surface area contributed by atoms with Crippen molar-refractivity contribution in [1.82, 2.24) is 4.98 Å². The molecule has 0 spiro atoms. The Morgan fingerprint density at radius 2 is 1.70 bits per heavy atom. The zero-order valence-corrected chi connectivity index (χ0v) is 18.6. The second-order valence-corrected chi connectivity index (χ2v) is 8.34. The van der Waals surface area contributed by atoms with Gasteiger partial charge < -0.3 is 16.2 Å². The lowest BCUT2D eigenvalue weighted by Gasteiger charge is -2.22. The first kappa shape index (κ1) is 22.1. The molecule has 33 heavy (non-hydrogen) atoms. The zero-order valence-electron chi connectivity index (χ0n) is 18.6. The first-order chi connectivity index (χ1) is 15.7. The molecule has 0 saturated heterocycles. The highest BCUT2D eigenvalue weighted by atomic mass is 19.1. The highest BCUT2D eigenvalue weighted by molar-refractivity contribution is 6.06. The average Bonchev–Trinajstić information content (AvgIpc) is 2.80. The van der Waals surface area contributed by atoms with Gasteiger partial charge in [0.25, 0.3) is 0 Å². The topological polar surface area (TPSA) is 100 Å². The number of carbonyl (C=O) groups is 1. The van der Waals surface area contributed by atoms with Crippen molar-refractivity contribution in [3.05, 3.63) is 82.7 Å². The Kier molecular flexibility index (Phi) is 5.68. The molecule has 0 aliphatic carbocycles. The molecule has 0 aliphatic rings. The van der Waals surface area contributed by atoms with Gasteiger partial charge in [-0.05, 0) is 65.4 Å². The van der Waals surface area contributed by atoms with E-state index in [2.05, 4.69) is 13.8 Å². The van der Waals surface area contributed by atoms with Gasteiger partial charge in [0.05, 0.1) is 16.8 Å². The summed E-state index contributed by atoms with van der Waals surface area (Å²) in [7, 11) is 0. The zero-order chi connectivity index (χ0) is 23.9. The summed E-state index contributed by atoms with van der Waals surface area (Å²) in [6.07, 6.45) is 1.23. The van der Waals surface area contributed by atoms with Gasteiger partial charge in [-0.1, -0.05) is 38.1 Å². The van der Waals surface area contributed by atoms with Gasteiger partial charge in [-0.25, -0.2) is 14.2 Å². The van der Waals surface area contributed by atoms with Gasteiger partial charge >= 0.3 is 5.97 Å². The number of hydrogen-bond acceptors (Lipinski definition) is 4. The smallest absolute Gasteiger partial charge is 0.335 e. The molecule has 0 radical (unpaired) electrons. The van der Waals surface area contributed by atoms with Gasteiger partial charge in [-0.3, -0.25) is 0 Å². The maximum absolute atomic E-state index is 13.8. The molecule has 4 N–H and O–H groups in total. The average molecular weight is 442 g/mol. The number of nitrogens with two attached hydrogens (primary N) is 1. The Hall–Kier alpha value is -4.06. The van der Waals surface area contributed by atoms with Crippen LogP contribution in [-0.4, -0.2) is 22.3 Å². The number of carboxylic acids is 1. The van der Waals surface area contributed by atoms with Crippen molar-refractivity contribution in [2.75, 3.05) is 5.73 Å². The number of pyridine rings is 1. The summed E-state index contributed by atoms with van der Waals surface area (Å²) in [5.41, 5.74) is 13.2. The van der Waals surface area contributed by atoms with Crippen molar-refractivity contribution in [1.29, 1.82) is 5.41 Å². The van der Waals surface area contributed by atoms with Crippen molar-refractivity contribution in [3.8, 4) is 22.4 Å². The molecular weight excluding hydrogens is 417 g/mol. The maximum atomic E-state index is 13.8. The largest absolute Gasteiger partial charge is 0.478 e. The highest BCUT2D eigenvalue weighted by Crippen LogP contribution is 2.43. The van der Waals surface area contributed by atoms with Crippen molar-refractivity contribution < 1.29 is 14.3 Å². The predicted octanol–water partition coefficient (Wildman–Crippen LogP) is 6.42. The normalized spacial score (nSPS) is 11.2. The Labute approximate surface area is 191 Å². The number of nitrogens with zero attached hydrogens (tertiary/aromatic N) is 1. The SMILES string of the molecule is Cc1c(N)c(C=N)cc2c(-c3ccc(F)cc3)c(C(C)C)c(-c3ccc(C(=O)O)cc3)nc12. The van der Waals surface area contributed by atoms with Gasteiger partial charge in [0.1, 0.15) is 5.82 Å². The summed E-state index contributed by atoms with van der Waals surface area (Å²) in [5, 5.41) is 17.9. The predicted molar refractivity (Wildman–Crippen MR) is 131 cm³/mol. The third-order valence-electron chi connectivity index (χ3n) is 5.91. The van der Waals surface area contributed by atoms with E-state index in [0.29, 0.717) is 16.8 Å². The van der Waals surface area contributed by atoms with Crippen molar-refractivity contribution in [3.63, 3.8) is 0 Å². The number of carboxylic acid groups (broad SMARTS) is 1. The third-order valence-corrected chi connectivity index (χ3v) is 5.91. The molecule has 1 aromatic heterocycles. The van der Waals surface area contributed by atoms with E-state index in [4.69, 9.17) is 16.1 Å². The Morgan fingerprint density at radius 3 is 2.24 bits per heavy atom. The van der Waals surface area contributed by atoms with Crippen molar-refractivity contribution >= 4 is 28.8 Å². The molecule has 3 aromatic carbocycles. The first-order valence-electron chi connectivity index (χ1n) is 10.6. The minimum Gasteiger partial charge on any atom is -0.478 e. The van der Waals surface area contributed by atoms with Crippen LogP contribution in [-0.2, 0) is 0 Å². The molecule has 0 atom stereocenters. The van der Waals surface area contributed by atoms with Gasteiger partial charge in [0.2, 0.25) is 0 Å². The molecule has 0 fully saturated rings. The summed E-state index contributed by atoms with van der Waals surface area (Å²) < 4.78 is 13.8. The number of rotatable bonds is 5. The number of nitrogens with one attached hydrogen (secondary N) is 1. The summed E-state index contributed by atoms with van der Waals surface area (Å²) in [6.45, 7) is 6.00. The number of hydrogen-bond donors (Lipinski definition) is 3. The second kappa shape index (κ2) is 8.47. The van der Waals surface area contributed by atoms with Crippen LogP contribution in [0.2, 0.25) is 0 Å². The minimum absolute atomic E-state index is 0.0531. The number of halogens is 1. The lowest BCUT2D eigenvalue weighted by molar-refractivity contribution is 0.0697. The molecule has 166 valence electrons. The molecular formula is C27H24FN3O2. The fourth-order valence-electron chi connectivity index (χ4n) is 4.22. The van der Waals surface area contributed by atoms with Gasteiger partial charge in [-0.15, -0.1) is 0 Å². The van der Waals surface area contributed by atoms with Crippen LogP contribution in [0.25, 0.3) is 33.3 Å². The summed E-state index contributed by atoms with van der Waals surface area (Å²) in [4.78, 5) is 16.3. The Bertz CT molecular complexity index is 1390. The van der Waals surface area contributed by atoms with Crippen LogP contribution in [0.5, 0.6) is 0 Å². The van der Waals surface area contributed by atoms with Crippen molar-refractivity contribution in [2.24, 2.45) is 0 Å². The number of nitrogen functional groups attached to an aromatic ring is 1. The molecule has 0 bridgehead atoms. The first-order valence-corrected chi connectivity index (χ1v) is 10.6. The fourth-order valence-corrected chi connectivity index (χ4v) is 4.22.